The van der Waals surface area contributed by atoms with Crippen molar-refractivity contribution in [2.45, 2.75) is 62.3 Å². The van der Waals surface area contributed by atoms with Crippen LogP contribution in [0.4, 0.5) is 0 Å². The van der Waals surface area contributed by atoms with Crippen LogP contribution in [0.1, 0.15) is 72.5 Å². The van der Waals surface area contributed by atoms with Crippen molar-refractivity contribution < 1.29 is 14.0 Å². The number of piperidine rings is 1. The molecule has 1 saturated carbocycles. The fourth-order valence-corrected chi connectivity index (χ4v) is 5.44. The molecule has 2 amide bonds. The molecule has 1 saturated heterocycles. The summed E-state index contributed by atoms with van der Waals surface area (Å²) in [7, 11) is 0. The summed E-state index contributed by atoms with van der Waals surface area (Å²) in [4.78, 5) is 27.1. The molecule has 3 aliphatic rings. The van der Waals surface area contributed by atoms with E-state index in [1.807, 2.05) is 4.90 Å². The summed E-state index contributed by atoms with van der Waals surface area (Å²) in [5.74, 6) is 0.862. The molecule has 5 nitrogen and oxygen atoms in total. The lowest BCUT2D eigenvalue weighted by atomic mass is 9.73. The first-order valence-electron chi connectivity index (χ1n) is 10.9. The van der Waals surface area contributed by atoms with Crippen LogP contribution in [0, 0.1) is 0 Å². The number of amides is 2. The van der Waals surface area contributed by atoms with Crippen molar-refractivity contribution in [3.05, 3.63) is 59.5 Å². The Kier molecular flexibility index (Phi) is 4.69. The van der Waals surface area contributed by atoms with Gasteiger partial charge in [0, 0.05) is 25.6 Å². The van der Waals surface area contributed by atoms with E-state index in [0.29, 0.717) is 18.2 Å². The first-order chi connectivity index (χ1) is 14.1. The van der Waals surface area contributed by atoms with E-state index in [1.165, 1.54) is 17.5 Å². The second kappa shape index (κ2) is 7.36. The molecular weight excluding hydrogens is 364 g/mol. The number of furan rings is 1. The first-order valence-corrected chi connectivity index (χ1v) is 10.9. The van der Waals surface area contributed by atoms with Gasteiger partial charge in [0.1, 0.15) is 0 Å². The highest BCUT2D eigenvalue weighted by Crippen LogP contribution is 2.52. The molecule has 152 valence electrons. The van der Waals surface area contributed by atoms with Crippen molar-refractivity contribution in [1.29, 1.82) is 0 Å². The number of nitrogens with zero attached hydrogens (tertiary/aromatic N) is 1. The van der Waals surface area contributed by atoms with Gasteiger partial charge in [0.05, 0.1) is 6.26 Å². The molecule has 2 aromatic rings. The Bertz CT molecular complexity index is 893. The highest BCUT2D eigenvalue weighted by Gasteiger charge is 2.46. The second-order valence-corrected chi connectivity index (χ2v) is 8.94. The van der Waals surface area contributed by atoms with E-state index in [9.17, 15) is 9.59 Å². The van der Waals surface area contributed by atoms with Crippen LogP contribution in [0.15, 0.2) is 47.1 Å². The van der Waals surface area contributed by atoms with Gasteiger partial charge in [-0.2, -0.15) is 0 Å². The van der Waals surface area contributed by atoms with E-state index in [0.717, 1.165) is 45.2 Å². The summed E-state index contributed by atoms with van der Waals surface area (Å²) in [6, 6.07) is 12.5. The zero-order chi connectivity index (χ0) is 19.8. The molecule has 0 unspecified atom stereocenters. The minimum atomic E-state index is -0.0208. The van der Waals surface area contributed by atoms with E-state index in [2.05, 4.69) is 29.6 Å². The van der Waals surface area contributed by atoms with Gasteiger partial charge in [-0.15, -0.1) is 0 Å². The van der Waals surface area contributed by atoms with Crippen LogP contribution in [0.25, 0.3) is 0 Å². The Balaban J connectivity index is 1.29. The quantitative estimate of drug-likeness (QED) is 0.855. The number of fused-ring (bicyclic) bond motifs is 2. The number of benzene rings is 1. The third-order valence-electron chi connectivity index (χ3n) is 7.25. The smallest absolute Gasteiger partial charge is 0.289 e. The SMILES string of the molecule is O=C(C[C@@H]1CC2(CCN(C(=O)c3ccco3)CC2)c2ccccc21)NC1CCC1. The van der Waals surface area contributed by atoms with Crippen molar-refractivity contribution >= 4 is 11.8 Å². The van der Waals surface area contributed by atoms with Gasteiger partial charge in [-0.25, -0.2) is 0 Å². The van der Waals surface area contributed by atoms with Gasteiger partial charge in [0.2, 0.25) is 5.91 Å². The predicted octanol–water partition coefficient (Wildman–Crippen LogP) is 4.00. The average molecular weight is 392 g/mol. The molecule has 1 aliphatic heterocycles. The van der Waals surface area contributed by atoms with E-state index in [4.69, 9.17) is 4.42 Å². The molecule has 5 rings (SSSR count). The Morgan fingerprint density at radius 1 is 1.10 bits per heavy atom. The van der Waals surface area contributed by atoms with Crippen LogP contribution >= 0.6 is 0 Å². The summed E-state index contributed by atoms with van der Waals surface area (Å²) in [5, 5.41) is 3.20. The molecule has 29 heavy (non-hydrogen) atoms. The number of nitrogens with one attached hydrogen (secondary N) is 1. The molecule has 0 bridgehead atoms. The van der Waals surface area contributed by atoms with Crippen LogP contribution in [0.3, 0.4) is 0 Å². The maximum atomic E-state index is 12.6. The maximum Gasteiger partial charge on any atom is 0.289 e. The molecule has 1 aromatic carbocycles. The van der Waals surface area contributed by atoms with Gasteiger partial charge in [0.25, 0.3) is 5.91 Å². The summed E-state index contributed by atoms with van der Waals surface area (Å²) < 4.78 is 5.29. The topological polar surface area (TPSA) is 62.6 Å². The Morgan fingerprint density at radius 2 is 1.90 bits per heavy atom. The predicted molar refractivity (Wildman–Crippen MR) is 110 cm³/mol. The van der Waals surface area contributed by atoms with Crippen LogP contribution in [0.5, 0.6) is 0 Å². The van der Waals surface area contributed by atoms with E-state index in [-0.39, 0.29) is 23.1 Å². The van der Waals surface area contributed by atoms with E-state index >= 15 is 0 Å². The minimum Gasteiger partial charge on any atom is -0.459 e. The number of hydrogen-bond donors (Lipinski definition) is 1. The van der Waals surface area contributed by atoms with Crippen molar-refractivity contribution in [3.63, 3.8) is 0 Å². The molecular formula is C24H28N2O3. The van der Waals surface area contributed by atoms with Crippen LogP contribution in [-0.2, 0) is 10.2 Å². The number of hydrogen-bond acceptors (Lipinski definition) is 3. The molecule has 1 N–H and O–H groups in total. The minimum absolute atomic E-state index is 0.0208. The molecule has 1 atom stereocenters. The van der Waals surface area contributed by atoms with Crippen molar-refractivity contribution in [2.24, 2.45) is 0 Å². The molecule has 5 heteroatoms. The number of likely N-dealkylation sites (tertiary alicyclic amines) is 1. The average Bonchev–Trinajstić information content (AvgIpc) is 3.34. The van der Waals surface area contributed by atoms with Gasteiger partial charge in [-0.05, 0) is 73.1 Å². The number of rotatable bonds is 4. The van der Waals surface area contributed by atoms with E-state index < -0.39 is 0 Å². The Labute approximate surface area is 171 Å². The van der Waals surface area contributed by atoms with Crippen molar-refractivity contribution in [1.82, 2.24) is 10.2 Å². The van der Waals surface area contributed by atoms with E-state index in [1.54, 1.807) is 18.4 Å². The highest BCUT2D eigenvalue weighted by molar-refractivity contribution is 5.91. The lowest BCUT2D eigenvalue weighted by molar-refractivity contribution is -0.122. The second-order valence-electron chi connectivity index (χ2n) is 8.94. The molecule has 2 aliphatic carbocycles. The Hall–Kier alpha value is -2.56. The van der Waals surface area contributed by atoms with Gasteiger partial charge >= 0.3 is 0 Å². The molecule has 2 fully saturated rings. The Morgan fingerprint density at radius 3 is 2.59 bits per heavy atom. The molecule has 0 radical (unpaired) electrons. The van der Waals surface area contributed by atoms with Crippen molar-refractivity contribution in [3.8, 4) is 0 Å². The normalized spacial score (nSPS) is 22.9. The zero-order valence-electron chi connectivity index (χ0n) is 16.7. The molecule has 1 aromatic heterocycles. The van der Waals surface area contributed by atoms with Crippen LogP contribution in [0.2, 0.25) is 0 Å². The fraction of sp³-hybridized carbons (Fsp3) is 0.500. The van der Waals surface area contributed by atoms with Gasteiger partial charge in [-0.1, -0.05) is 24.3 Å². The first kappa shape index (κ1) is 18.5. The third kappa shape index (κ3) is 3.37. The molecule has 2 heterocycles. The third-order valence-corrected chi connectivity index (χ3v) is 7.25. The fourth-order valence-electron chi connectivity index (χ4n) is 5.44. The number of carbonyl (C=O) groups excluding carboxylic acids is 2. The van der Waals surface area contributed by atoms with Gasteiger partial charge in [-0.3, -0.25) is 9.59 Å². The van der Waals surface area contributed by atoms with Crippen LogP contribution in [-0.4, -0.2) is 35.8 Å². The number of carbonyl (C=O) groups is 2. The van der Waals surface area contributed by atoms with Crippen molar-refractivity contribution in [2.75, 3.05) is 13.1 Å². The maximum absolute atomic E-state index is 12.6. The summed E-state index contributed by atoms with van der Waals surface area (Å²) in [5.41, 5.74) is 2.81. The standard InChI is InChI=1S/C24H28N2O3/c27-22(25-18-5-3-6-18)15-17-16-24(20-8-2-1-7-19(17)20)10-12-26(13-11-24)23(28)21-9-4-14-29-21/h1-2,4,7-9,14,17-18H,3,5-6,10-13,15-16H2,(H,25,27)/t17-/m1/s1. The lowest BCUT2D eigenvalue weighted by Crippen LogP contribution is -2.44. The monoisotopic (exact) mass is 392 g/mol. The zero-order valence-corrected chi connectivity index (χ0v) is 16.7. The van der Waals surface area contributed by atoms with Gasteiger partial charge < -0.3 is 14.6 Å². The molecule has 1 spiro atoms. The summed E-state index contributed by atoms with van der Waals surface area (Å²) in [6.45, 7) is 1.46. The summed E-state index contributed by atoms with van der Waals surface area (Å²) >= 11 is 0. The highest BCUT2D eigenvalue weighted by atomic mass is 16.3. The lowest BCUT2D eigenvalue weighted by Gasteiger charge is -2.40. The van der Waals surface area contributed by atoms with Gasteiger partial charge in [0.15, 0.2) is 5.76 Å². The summed E-state index contributed by atoms with van der Waals surface area (Å²) in [6.07, 6.45) is 8.48. The largest absolute Gasteiger partial charge is 0.459 e. The van der Waals surface area contributed by atoms with Crippen LogP contribution < -0.4 is 5.32 Å².